The number of rotatable bonds is 2. The summed E-state index contributed by atoms with van der Waals surface area (Å²) in [6.45, 7) is 1.82. The SMILES string of the molecule is FC(F)(F)c1ccnc(C[C@@H]2CCCNC2)n1. The van der Waals surface area contributed by atoms with Crippen LogP contribution in [0.25, 0.3) is 0 Å². The van der Waals surface area contributed by atoms with E-state index < -0.39 is 11.9 Å². The lowest BCUT2D eigenvalue weighted by atomic mass is 9.96. The van der Waals surface area contributed by atoms with E-state index in [0.29, 0.717) is 12.3 Å². The third-order valence-corrected chi connectivity index (χ3v) is 2.87. The molecule has 0 unspecified atom stereocenters. The zero-order chi connectivity index (χ0) is 12.3. The van der Waals surface area contributed by atoms with Gasteiger partial charge in [-0.15, -0.1) is 0 Å². The van der Waals surface area contributed by atoms with Crippen molar-refractivity contribution in [3.63, 3.8) is 0 Å². The summed E-state index contributed by atoms with van der Waals surface area (Å²) in [7, 11) is 0. The molecule has 0 amide bonds. The normalized spacial score (nSPS) is 21.5. The summed E-state index contributed by atoms with van der Waals surface area (Å²) < 4.78 is 37.3. The first-order chi connectivity index (χ1) is 8.05. The van der Waals surface area contributed by atoms with Crippen molar-refractivity contribution in [2.24, 2.45) is 5.92 Å². The maximum Gasteiger partial charge on any atom is 0.433 e. The number of nitrogens with zero attached hydrogens (tertiary/aromatic N) is 2. The summed E-state index contributed by atoms with van der Waals surface area (Å²) in [5.74, 6) is 0.626. The molecule has 1 aromatic rings. The molecule has 1 fully saturated rings. The van der Waals surface area contributed by atoms with Crippen molar-refractivity contribution >= 4 is 0 Å². The molecule has 0 aliphatic carbocycles. The van der Waals surface area contributed by atoms with Crippen molar-refractivity contribution in [1.29, 1.82) is 0 Å². The van der Waals surface area contributed by atoms with E-state index in [1.165, 1.54) is 6.20 Å². The molecule has 94 valence electrons. The molecular formula is C11H14F3N3. The highest BCUT2D eigenvalue weighted by atomic mass is 19.4. The fourth-order valence-electron chi connectivity index (χ4n) is 2.01. The van der Waals surface area contributed by atoms with Gasteiger partial charge >= 0.3 is 6.18 Å². The van der Waals surface area contributed by atoms with Gasteiger partial charge in [-0.05, 0) is 37.9 Å². The Bertz CT molecular complexity index is 372. The molecule has 2 heterocycles. The first-order valence-electron chi connectivity index (χ1n) is 5.65. The molecule has 3 nitrogen and oxygen atoms in total. The largest absolute Gasteiger partial charge is 0.433 e. The van der Waals surface area contributed by atoms with Crippen LogP contribution in [-0.4, -0.2) is 23.1 Å². The van der Waals surface area contributed by atoms with Gasteiger partial charge in [0.05, 0.1) is 0 Å². The first-order valence-corrected chi connectivity index (χ1v) is 5.65. The molecule has 2 rings (SSSR count). The summed E-state index contributed by atoms with van der Waals surface area (Å²) in [6.07, 6.45) is -0.614. The van der Waals surface area contributed by atoms with Gasteiger partial charge in [0.1, 0.15) is 11.5 Å². The highest BCUT2D eigenvalue weighted by molar-refractivity contribution is 5.06. The fraction of sp³-hybridized carbons (Fsp3) is 0.636. The van der Waals surface area contributed by atoms with Crippen LogP contribution in [0.15, 0.2) is 12.3 Å². The third-order valence-electron chi connectivity index (χ3n) is 2.87. The van der Waals surface area contributed by atoms with Gasteiger partial charge in [0.2, 0.25) is 0 Å². The van der Waals surface area contributed by atoms with Crippen LogP contribution in [0.2, 0.25) is 0 Å². The predicted molar refractivity (Wildman–Crippen MR) is 56.3 cm³/mol. The first kappa shape index (κ1) is 12.3. The number of aromatic nitrogens is 2. The smallest absolute Gasteiger partial charge is 0.316 e. The molecule has 1 aliphatic heterocycles. The van der Waals surface area contributed by atoms with Crippen molar-refractivity contribution < 1.29 is 13.2 Å². The Labute approximate surface area is 97.5 Å². The van der Waals surface area contributed by atoms with Crippen LogP contribution in [0.3, 0.4) is 0 Å². The van der Waals surface area contributed by atoms with Crippen LogP contribution in [0, 0.1) is 5.92 Å². The van der Waals surface area contributed by atoms with Crippen molar-refractivity contribution in [3.05, 3.63) is 23.8 Å². The lowest BCUT2D eigenvalue weighted by molar-refractivity contribution is -0.141. The molecule has 0 aromatic carbocycles. The van der Waals surface area contributed by atoms with Gasteiger partial charge in [0.15, 0.2) is 0 Å². The third kappa shape index (κ3) is 3.39. The second-order valence-electron chi connectivity index (χ2n) is 4.27. The Hall–Kier alpha value is -1.17. The van der Waals surface area contributed by atoms with Crippen LogP contribution in [0.4, 0.5) is 13.2 Å². The molecular weight excluding hydrogens is 231 g/mol. The maximum absolute atomic E-state index is 12.4. The average Bonchev–Trinajstić information content (AvgIpc) is 2.29. The molecule has 0 saturated carbocycles. The highest BCUT2D eigenvalue weighted by Gasteiger charge is 2.32. The number of piperidine rings is 1. The van der Waals surface area contributed by atoms with Crippen LogP contribution in [0.1, 0.15) is 24.4 Å². The minimum Gasteiger partial charge on any atom is -0.316 e. The monoisotopic (exact) mass is 245 g/mol. The summed E-state index contributed by atoms with van der Waals surface area (Å²) in [4.78, 5) is 7.48. The molecule has 1 aliphatic rings. The molecule has 6 heteroatoms. The Morgan fingerprint density at radius 1 is 1.41 bits per heavy atom. The molecule has 0 bridgehead atoms. The lowest BCUT2D eigenvalue weighted by Crippen LogP contribution is -2.31. The molecule has 17 heavy (non-hydrogen) atoms. The minimum atomic E-state index is -4.39. The second-order valence-corrected chi connectivity index (χ2v) is 4.27. The number of hydrogen-bond donors (Lipinski definition) is 1. The summed E-state index contributed by atoms with van der Waals surface area (Å²) in [5.41, 5.74) is -0.855. The Morgan fingerprint density at radius 3 is 2.88 bits per heavy atom. The highest BCUT2D eigenvalue weighted by Crippen LogP contribution is 2.27. The minimum absolute atomic E-state index is 0.286. The molecule has 1 saturated heterocycles. The van der Waals surface area contributed by atoms with Crippen molar-refractivity contribution in [2.75, 3.05) is 13.1 Å². The summed E-state index contributed by atoms with van der Waals surface area (Å²) in [5, 5.41) is 3.22. The quantitative estimate of drug-likeness (QED) is 0.866. The van der Waals surface area contributed by atoms with Gasteiger partial charge in [0.25, 0.3) is 0 Å². The zero-order valence-electron chi connectivity index (χ0n) is 9.30. The molecule has 0 radical (unpaired) electrons. The van der Waals surface area contributed by atoms with Gasteiger partial charge in [-0.3, -0.25) is 0 Å². The Kier molecular flexibility index (Phi) is 3.61. The van der Waals surface area contributed by atoms with Crippen molar-refractivity contribution in [1.82, 2.24) is 15.3 Å². The van der Waals surface area contributed by atoms with Gasteiger partial charge in [-0.2, -0.15) is 13.2 Å². The van der Waals surface area contributed by atoms with E-state index in [1.807, 2.05) is 0 Å². The zero-order valence-corrected chi connectivity index (χ0v) is 9.30. The van der Waals surface area contributed by atoms with Gasteiger partial charge < -0.3 is 5.32 Å². The molecule has 1 aromatic heterocycles. The van der Waals surface area contributed by atoms with Crippen LogP contribution in [0.5, 0.6) is 0 Å². The van der Waals surface area contributed by atoms with Crippen LogP contribution < -0.4 is 5.32 Å². The van der Waals surface area contributed by atoms with E-state index >= 15 is 0 Å². The predicted octanol–water partition coefficient (Wildman–Crippen LogP) is 2.04. The van der Waals surface area contributed by atoms with E-state index in [0.717, 1.165) is 32.0 Å². The lowest BCUT2D eigenvalue weighted by Gasteiger charge is -2.22. The standard InChI is InChI=1S/C11H14F3N3/c12-11(13,14)9-3-5-16-10(17-9)6-8-2-1-4-15-7-8/h3,5,8,15H,1-2,4,6-7H2/t8-/m0/s1. The molecule has 0 spiro atoms. The summed E-state index contributed by atoms with van der Waals surface area (Å²) >= 11 is 0. The number of hydrogen-bond acceptors (Lipinski definition) is 3. The topological polar surface area (TPSA) is 37.8 Å². The molecule has 1 atom stereocenters. The van der Waals surface area contributed by atoms with Gasteiger partial charge in [-0.25, -0.2) is 9.97 Å². The van der Waals surface area contributed by atoms with Crippen LogP contribution in [-0.2, 0) is 12.6 Å². The number of halogens is 3. The van der Waals surface area contributed by atoms with Crippen molar-refractivity contribution in [2.45, 2.75) is 25.4 Å². The van der Waals surface area contributed by atoms with Crippen LogP contribution >= 0.6 is 0 Å². The van der Waals surface area contributed by atoms with Crippen molar-refractivity contribution in [3.8, 4) is 0 Å². The van der Waals surface area contributed by atoms with E-state index in [-0.39, 0.29) is 5.82 Å². The Morgan fingerprint density at radius 2 is 2.24 bits per heavy atom. The van der Waals surface area contributed by atoms with E-state index in [4.69, 9.17) is 0 Å². The number of nitrogens with one attached hydrogen (secondary N) is 1. The maximum atomic E-state index is 12.4. The van der Waals surface area contributed by atoms with E-state index in [9.17, 15) is 13.2 Å². The molecule has 1 N–H and O–H groups in total. The number of alkyl halides is 3. The second kappa shape index (κ2) is 5.00. The van der Waals surface area contributed by atoms with E-state index in [2.05, 4.69) is 15.3 Å². The fourth-order valence-corrected chi connectivity index (χ4v) is 2.01. The average molecular weight is 245 g/mol. The summed E-state index contributed by atoms with van der Waals surface area (Å²) in [6, 6.07) is 0.905. The van der Waals surface area contributed by atoms with Gasteiger partial charge in [0, 0.05) is 12.6 Å². The van der Waals surface area contributed by atoms with E-state index in [1.54, 1.807) is 0 Å². The van der Waals surface area contributed by atoms with Gasteiger partial charge in [-0.1, -0.05) is 0 Å². The Balaban J connectivity index is 2.05.